The number of nitrogens with two attached hydrogens (primary N) is 1. The van der Waals surface area contributed by atoms with Gasteiger partial charge in [0.2, 0.25) is 0 Å². The van der Waals surface area contributed by atoms with Gasteiger partial charge in [0, 0.05) is 5.54 Å². The van der Waals surface area contributed by atoms with Gasteiger partial charge in [-0.15, -0.1) is 24.0 Å². The predicted molar refractivity (Wildman–Crippen MR) is 93.2 cm³/mol. The molecule has 0 radical (unpaired) electrons. The van der Waals surface area contributed by atoms with Gasteiger partial charge in [-0.25, -0.2) is 12.8 Å². The van der Waals surface area contributed by atoms with Crippen LogP contribution in [-0.2, 0) is 9.84 Å². The van der Waals surface area contributed by atoms with Crippen molar-refractivity contribution < 1.29 is 12.8 Å². The van der Waals surface area contributed by atoms with Gasteiger partial charge >= 0.3 is 0 Å². The summed E-state index contributed by atoms with van der Waals surface area (Å²) < 4.78 is 36.7. The highest BCUT2D eigenvalue weighted by Gasteiger charge is 2.14. The largest absolute Gasteiger partial charge is 0.370 e. The fourth-order valence-electron chi connectivity index (χ4n) is 1.47. The molecule has 8 heteroatoms. The number of rotatable bonds is 4. The Morgan fingerprint density at radius 2 is 1.81 bits per heavy atom. The molecule has 0 atom stereocenters. The Labute approximate surface area is 142 Å². The first-order valence-electron chi connectivity index (χ1n) is 6.16. The summed E-state index contributed by atoms with van der Waals surface area (Å²) in [6, 6.07) is 4.72. The zero-order chi connectivity index (χ0) is 15.4. The molecule has 0 aliphatic carbocycles. The second-order valence-corrected chi connectivity index (χ2v) is 7.52. The average Bonchev–Trinajstić information content (AvgIpc) is 2.26. The number of hydrogen-bond acceptors (Lipinski definition) is 3. The topological polar surface area (TPSA) is 84.5 Å². The number of sulfone groups is 1. The van der Waals surface area contributed by atoms with E-state index in [4.69, 9.17) is 5.73 Å². The van der Waals surface area contributed by atoms with E-state index in [1.54, 1.807) is 0 Å². The lowest BCUT2D eigenvalue weighted by atomic mass is 10.1. The van der Waals surface area contributed by atoms with Gasteiger partial charge in [0.15, 0.2) is 15.8 Å². The van der Waals surface area contributed by atoms with Crippen LogP contribution in [0.3, 0.4) is 0 Å². The van der Waals surface area contributed by atoms with Crippen LogP contribution in [0.2, 0.25) is 0 Å². The molecule has 0 aromatic heterocycles. The number of guanidine groups is 1. The van der Waals surface area contributed by atoms with E-state index in [1.807, 2.05) is 20.8 Å². The SMILES string of the molecule is CC(C)(C)NC(N)=NCCS(=O)(=O)c1ccc(F)cc1.I. The van der Waals surface area contributed by atoms with E-state index < -0.39 is 15.7 Å². The molecule has 0 heterocycles. The molecule has 0 saturated carbocycles. The molecule has 0 fully saturated rings. The van der Waals surface area contributed by atoms with Crippen LogP contribution in [0.25, 0.3) is 0 Å². The molecule has 1 aromatic rings. The van der Waals surface area contributed by atoms with E-state index in [0.29, 0.717) is 0 Å². The maximum absolute atomic E-state index is 12.7. The van der Waals surface area contributed by atoms with Gasteiger partial charge in [-0.2, -0.15) is 0 Å². The molecule has 21 heavy (non-hydrogen) atoms. The summed E-state index contributed by atoms with van der Waals surface area (Å²) >= 11 is 0. The molecule has 0 spiro atoms. The van der Waals surface area contributed by atoms with Crippen LogP contribution in [0, 0.1) is 5.82 Å². The molecule has 0 saturated heterocycles. The number of nitrogens with zero attached hydrogens (tertiary/aromatic N) is 1. The third-order valence-corrected chi connectivity index (χ3v) is 4.03. The van der Waals surface area contributed by atoms with Gasteiger partial charge < -0.3 is 11.1 Å². The summed E-state index contributed by atoms with van der Waals surface area (Å²) in [5.74, 6) is -0.446. The minimum absolute atomic E-state index is 0. The van der Waals surface area contributed by atoms with Crippen molar-refractivity contribution in [3.8, 4) is 0 Å². The Kier molecular flexibility index (Phi) is 7.58. The maximum Gasteiger partial charge on any atom is 0.189 e. The minimum Gasteiger partial charge on any atom is -0.370 e. The fraction of sp³-hybridized carbons (Fsp3) is 0.462. The van der Waals surface area contributed by atoms with Gasteiger partial charge in [0.05, 0.1) is 17.2 Å². The first kappa shape index (κ1) is 20.1. The number of hydrogen-bond donors (Lipinski definition) is 2. The summed E-state index contributed by atoms with van der Waals surface area (Å²) in [6.45, 7) is 5.81. The molecule has 0 amide bonds. The summed E-state index contributed by atoms with van der Waals surface area (Å²) in [7, 11) is -3.47. The Morgan fingerprint density at radius 1 is 1.29 bits per heavy atom. The molecule has 0 aliphatic heterocycles. The molecule has 120 valence electrons. The van der Waals surface area contributed by atoms with Gasteiger partial charge in [-0.3, -0.25) is 4.99 Å². The van der Waals surface area contributed by atoms with Gasteiger partial charge in [-0.1, -0.05) is 0 Å². The highest BCUT2D eigenvalue weighted by molar-refractivity contribution is 14.0. The van der Waals surface area contributed by atoms with Crippen LogP contribution in [-0.4, -0.2) is 32.2 Å². The molecule has 1 aromatic carbocycles. The quantitative estimate of drug-likeness (QED) is 0.332. The zero-order valence-electron chi connectivity index (χ0n) is 12.3. The molecule has 0 unspecified atom stereocenters. The van der Waals surface area contributed by atoms with Gasteiger partial charge in [0.1, 0.15) is 5.82 Å². The third kappa shape index (κ3) is 7.60. The summed E-state index contributed by atoms with van der Waals surface area (Å²) in [4.78, 5) is 4.05. The Morgan fingerprint density at radius 3 is 2.29 bits per heavy atom. The first-order chi connectivity index (χ1) is 9.10. The average molecular weight is 429 g/mol. The Hall–Kier alpha value is -0.900. The van der Waals surface area contributed by atoms with Gasteiger partial charge in [-0.05, 0) is 45.0 Å². The summed E-state index contributed by atoms with van der Waals surface area (Å²) in [5.41, 5.74) is 5.41. The first-order valence-corrected chi connectivity index (χ1v) is 7.82. The summed E-state index contributed by atoms with van der Waals surface area (Å²) in [6.07, 6.45) is 0. The van der Waals surface area contributed by atoms with E-state index >= 15 is 0 Å². The van der Waals surface area contributed by atoms with Crippen LogP contribution >= 0.6 is 24.0 Å². The van der Waals surface area contributed by atoms with Crippen molar-refractivity contribution in [2.24, 2.45) is 10.7 Å². The molecular formula is C13H21FIN3O2S. The van der Waals surface area contributed by atoms with E-state index in [0.717, 1.165) is 12.1 Å². The minimum atomic E-state index is -3.47. The molecule has 1 rings (SSSR count). The fourth-order valence-corrected chi connectivity index (χ4v) is 2.59. The van der Waals surface area contributed by atoms with Crippen LogP contribution in [0.1, 0.15) is 20.8 Å². The number of nitrogens with one attached hydrogen (secondary N) is 1. The van der Waals surface area contributed by atoms with Crippen molar-refractivity contribution in [2.45, 2.75) is 31.2 Å². The van der Waals surface area contributed by atoms with E-state index in [1.165, 1.54) is 12.1 Å². The van der Waals surface area contributed by atoms with E-state index in [9.17, 15) is 12.8 Å². The lowest BCUT2D eigenvalue weighted by molar-refractivity contribution is 0.508. The van der Waals surface area contributed by atoms with E-state index in [2.05, 4.69) is 10.3 Å². The highest BCUT2D eigenvalue weighted by Crippen LogP contribution is 2.11. The van der Waals surface area contributed by atoms with Crippen LogP contribution in [0.4, 0.5) is 4.39 Å². The summed E-state index contributed by atoms with van der Waals surface area (Å²) in [5, 5.41) is 2.94. The van der Waals surface area contributed by atoms with Crippen molar-refractivity contribution >= 4 is 39.8 Å². The number of aliphatic imine (C=N–C) groups is 1. The molecule has 3 N–H and O–H groups in total. The van der Waals surface area contributed by atoms with Crippen molar-refractivity contribution in [1.82, 2.24) is 5.32 Å². The number of benzene rings is 1. The molecule has 0 bridgehead atoms. The predicted octanol–water partition coefficient (Wildman–Crippen LogP) is 1.92. The van der Waals surface area contributed by atoms with Crippen LogP contribution in [0.15, 0.2) is 34.2 Å². The number of halogens is 2. The van der Waals surface area contributed by atoms with Crippen LogP contribution < -0.4 is 11.1 Å². The Bertz CT molecular complexity index is 580. The lowest BCUT2D eigenvalue weighted by Gasteiger charge is -2.20. The second-order valence-electron chi connectivity index (χ2n) is 5.41. The normalized spacial score (nSPS) is 12.7. The molecule has 5 nitrogen and oxygen atoms in total. The molecular weight excluding hydrogens is 408 g/mol. The smallest absolute Gasteiger partial charge is 0.189 e. The van der Waals surface area contributed by atoms with Crippen LogP contribution in [0.5, 0.6) is 0 Å². The monoisotopic (exact) mass is 429 g/mol. The maximum atomic E-state index is 12.7. The molecule has 0 aliphatic rings. The van der Waals surface area contributed by atoms with Gasteiger partial charge in [0.25, 0.3) is 0 Å². The van der Waals surface area contributed by atoms with Crippen molar-refractivity contribution in [3.05, 3.63) is 30.1 Å². The third-order valence-electron chi connectivity index (χ3n) is 2.32. The van der Waals surface area contributed by atoms with Crippen molar-refractivity contribution in [3.63, 3.8) is 0 Å². The Balaban J connectivity index is 0.00000400. The van der Waals surface area contributed by atoms with E-state index in [-0.39, 0.29) is 52.7 Å². The van der Waals surface area contributed by atoms with Crippen molar-refractivity contribution in [1.29, 1.82) is 0 Å². The standard InChI is InChI=1S/C13H20FN3O2S.HI/c1-13(2,3)17-12(15)16-8-9-20(18,19)11-6-4-10(14)5-7-11;/h4-7H,8-9H2,1-3H3,(H3,15,16,17);1H. The second kappa shape index (κ2) is 7.92. The zero-order valence-corrected chi connectivity index (χ0v) is 15.4. The lowest BCUT2D eigenvalue weighted by Crippen LogP contribution is -2.45. The highest BCUT2D eigenvalue weighted by atomic mass is 127. The van der Waals surface area contributed by atoms with Crippen molar-refractivity contribution in [2.75, 3.05) is 12.3 Å².